The Kier molecular flexibility index (Phi) is 11.2. The maximum absolute atomic E-state index is 2.28. The van der Waals surface area contributed by atoms with E-state index in [1.165, 1.54) is 32.1 Å². The molecular formula is C14H32. The summed E-state index contributed by atoms with van der Waals surface area (Å²) >= 11 is 0. The van der Waals surface area contributed by atoms with Crippen molar-refractivity contribution >= 4 is 0 Å². The van der Waals surface area contributed by atoms with Gasteiger partial charge in [0.2, 0.25) is 0 Å². The van der Waals surface area contributed by atoms with E-state index in [4.69, 9.17) is 0 Å². The predicted octanol–water partition coefficient (Wildman–Crippen LogP) is 5.67. The molecule has 0 rings (SSSR count). The Morgan fingerprint density at radius 3 is 1.29 bits per heavy atom. The molecule has 0 radical (unpaired) electrons. The predicted molar refractivity (Wildman–Crippen MR) is 68.7 cm³/mol. The number of hydrogen-bond donors (Lipinski definition) is 0. The molecule has 0 unspecified atom stereocenters. The van der Waals surface area contributed by atoms with E-state index < -0.39 is 0 Å². The molecule has 0 fully saturated rings. The van der Waals surface area contributed by atoms with Gasteiger partial charge >= 0.3 is 0 Å². The van der Waals surface area contributed by atoms with E-state index in [-0.39, 0.29) is 0 Å². The standard InChI is InChI=1S/C8H18.C6H14/c1-7(2)6-8(3,4)5;1-3-5-6-4-2/h7H,6H2,1-5H3;3-6H2,1-2H3. The van der Waals surface area contributed by atoms with Gasteiger partial charge in [0.1, 0.15) is 0 Å². The molecule has 0 heterocycles. The molecule has 0 aliphatic heterocycles. The molecule has 0 aromatic rings. The second kappa shape index (κ2) is 9.55. The van der Waals surface area contributed by atoms with Gasteiger partial charge in [-0.25, -0.2) is 0 Å². The van der Waals surface area contributed by atoms with Crippen molar-refractivity contribution in [2.75, 3.05) is 0 Å². The van der Waals surface area contributed by atoms with Gasteiger partial charge in [-0.1, -0.05) is 74.1 Å². The average Bonchev–Trinajstić information content (AvgIpc) is 1.97. The van der Waals surface area contributed by atoms with Crippen LogP contribution in [0.3, 0.4) is 0 Å². The molecule has 0 spiro atoms. The number of unbranched alkanes of at least 4 members (excludes halogenated alkanes) is 3. The molecular weight excluding hydrogens is 168 g/mol. The van der Waals surface area contributed by atoms with Gasteiger partial charge in [-0.15, -0.1) is 0 Å². The van der Waals surface area contributed by atoms with Crippen LogP contribution in [-0.4, -0.2) is 0 Å². The Hall–Kier alpha value is 0. The zero-order valence-corrected chi connectivity index (χ0v) is 11.6. The number of hydrogen-bond acceptors (Lipinski definition) is 0. The molecule has 0 atom stereocenters. The van der Waals surface area contributed by atoms with Gasteiger partial charge < -0.3 is 0 Å². The third kappa shape index (κ3) is 22.7. The quantitative estimate of drug-likeness (QED) is 0.513. The van der Waals surface area contributed by atoms with E-state index in [2.05, 4.69) is 48.5 Å². The van der Waals surface area contributed by atoms with E-state index in [1.54, 1.807) is 0 Å². The van der Waals surface area contributed by atoms with Crippen LogP contribution in [0.1, 0.15) is 80.6 Å². The summed E-state index contributed by atoms with van der Waals surface area (Å²) in [5.74, 6) is 0.843. The highest BCUT2D eigenvalue weighted by molar-refractivity contribution is 4.62. The van der Waals surface area contributed by atoms with Crippen LogP contribution in [0, 0.1) is 11.3 Å². The van der Waals surface area contributed by atoms with Crippen molar-refractivity contribution < 1.29 is 0 Å². The van der Waals surface area contributed by atoms with Crippen molar-refractivity contribution in [2.24, 2.45) is 11.3 Å². The van der Waals surface area contributed by atoms with Crippen molar-refractivity contribution in [3.63, 3.8) is 0 Å². The number of rotatable bonds is 4. The third-order valence-corrected chi connectivity index (χ3v) is 1.98. The molecule has 0 aliphatic rings. The first-order valence-electron chi connectivity index (χ1n) is 6.33. The third-order valence-electron chi connectivity index (χ3n) is 1.98. The topological polar surface area (TPSA) is 0 Å². The fourth-order valence-electron chi connectivity index (χ4n) is 1.72. The summed E-state index contributed by atoms with van der Waals surface area (Å²) in [4.78, 5) is 0. The Balaban J connectivity index is 0. The maximum atomic E-state index is 2.28. The van der Waals surface area contributed by atoms with Gasteiger partial charge in [0.05, 0.1) is 0 Å². The van der Waals surface area contributed by atoms with Crippen LogP contribution in [0.2, 0.25) is 0 Å². The summed E-state index contributed by atoms with van der Waals surface area (Å²) < 4.78 is 0. The largest absolute Gasteiger partial charge is 0.0654 e. The SMILES string of the molecule is CC(C)CC(C)(C)C.CCCCCC. The first-order valence-corrected chi connectivity index (χ1v) is 6.33. The minimum atomic E-state index is 0.522. The van der Waals surface area contributed by atoms with E-state index in [1.807, 2.05) is 0 Å². The highest BCUT2D eigenvalue weighted by Gasteiger charge is 2.11. The first kappa shape index (κ1) is 16.4. The minimum Gasteiger partial charge on any atom is -0.0654 e. The van der Waals surface area contributed by atoms with Crippen LogP contribution in [-0.2, 0) is 0 Å². The summed E-state index contributed by atoms with van der Waals surface area (Å²) in [6.45, 7) is 15.9. The lowest BCUT2D eigenvalue weighted by atomic mass is 9.86. The van der Waals surface area contributed by atoms with Crippen LogP contribution in [0.15, 0.2) is 0 Å². The lowest BCUT2D eigenvalue weighted by Crippen LogP contribution is -2.08. The van der Waals surface area contributed by atoms with Gasteiger partial charge in [0.15, 0.2) is 0 Å². The van der Waals surface area contributed by atoms with Gasteiger partial charge in [-0.05, 0) is 17.8 Å². The molecule has 0 aromatic carbocycles. The lowest BCUT2D eigenvalue weighted by Gasteiger charge is -2.19. The molecule has 0 heteroatoms. The zero-order valence-electron chi connectivity index (χ0n) is 11.6. The van der Waals surface area contributed by atoms with Crippen molar-refractivity contribution in [2.45, 2.75) is 80.6 Å². The molecule has 0 nitrogen and oxygen atoms in total. The van der Waals surface area contributed by atoms with Crippen LogP contribution < -0.4 is 0 Å². The molecule has 0 aliphatic carbocycles. The normalized spacial score (nSPS) is 11.1. The summed E-state index contributed by atoms with van der Waals surface area (Å²) in [6, 6.07) is 0. The molecule has 14 heavy (non-hydrogen) atoms. The summed E-state index contributed by atoms with van der Waals surface area (Å²) in [5.41, 5.74) is 0.522. The Morgan fingerprint density at radius 1 is 0.857 bits per heavy atom. The zero-order chi connectivity index (χ0) is 11.6. The molecule has 0 saturated carbocycles. The van der Waals surface area contributed by atoms with Gasteiger partial charge in [-0.2, -0.15) is 0 Å². The van der Waals surface area contributed by atoms with Gasteiger partial charge in [-0.3, -0.25) is 0 Å². The minimum absolute atomic E-state index is 0.522. The molecule has 0 bridgehead atoms. The Labute approximate surface area is 92.5 Å². The van der Waals surface area contributed by atoms with Gasteiger partial charge in [0, 0.05) is 0 Å². The van der Waals surface area contributed by atoms with Crippen molar-refractivity contribution in [3.05, 3.63) is 0 Å². The second-order valence-electron chi connectivity index (χ2n) is 5.87. The van der Waals surface area contributed by atoms with Crippen LogP contribution in [0.4, 0.5) is 0 Å². The summed E-state index contributed by atoms with van der Waals surface area (Å²) in [6.07, 6.45) is 6.86. The summed E-state index contributed by atoms with van der Waals surface area (Å²) in [5, 5.41) is 0. The van der Waals surface area contributed by atoms with E-state index in [0.717, 1.165) is 5.92 Å². The van der Waals surface area contributed by atoms with Crippen LogP contribution in [0.25, 0.3) is 0 Å². The van der Waals surface area contributed by atoms with Crippen LogP contribution in [0.5, 0.6) is 0 Å². The van der Waals surface area contributed by atoms with Crippen molar-refractivity contribution in [3.8, 4) is 0 Å². The molecule has 88 valence electrons. The maximum Gasteiger partial charge on any atom is -0.0380 e. The second-order valence-corrected chi connectivity index (χ2v) is 5.87. The molecule has 0 N–H and O–H groups in total. The summed E-state index contributed by atoms with van der Waals surface area (Å²) in [7, 11) is 0. The molecule has 0 amide bonds. The Morgan fingerprint density at radius 2 is 1.21 bits per heavy atom. The fraction of sp³-hybridized carbons (Fsp3) is 1.00. The lowest BCUT2D eigenvalue weighted by molar-refractivity contribution is 0.320. The molecule has 0 aromatic heterocycles. The monoisotopic (exact) mass is 200 g/mol. The van der Waals surface area contributed by atoms with Crippen molar-refractivity contribution in [1.82, 2.24) is 0 Å². The molecule has 0 saturated heterocycles. The van der Waals surface area contributed by atoms with Crippen molar-refractivity contribution in [1.29, 1.82) is 0 Å². The Bertz CT molecular complexity index is 91.1. The van der Waals surface area contributed by atoms with Gasteiger partial charge in [0.25, 0.3) is 0 Å². The highest BCUT2D eigenvalue weighted by atomic mass is 14.2. The van der Waals surface area contributed by atoms with E-state index >= 15 is 0 Å². The average molecular weight is 200 g/mol. The van der Waals surface area contributed by atoms with E-state index in [9.17, 15) is 0 Å². The smallest absolute Gasteiger partial charge is 0.0380 e. The van der Waals surface area contributed by atoms with E-state index in [0.29, 0.717) is 5.41 Å². The van der Waals surface area contributed by atoms with Crippen LogP contribution >= 0.6 is 0 Å². The fourth-order valence-corrected chi connectivity index (χ4v) is 1.72. The first-order chi connectivity index (χ1) is 6.33. The highest BCUT2D eigenvalue weighted by Crippen LogP contribution is 2.23.